The highest BCUT2D eigenvalue weighted by Crippen LogP contribution is 2.22. The molecule has 4 nitrogen and oxygen atoms in total. The highest BCUT2D eigenvalue weighted by Gasteiger charge is 2.10. The van der Waals surface area contributed by atoms with Gasteiger partial charge in [0.2, 0.25) is 0 Å². The van der Waals surface area contributed by atoms with Gasteiger partial charge in [0.25, 0.3) is 0 Å². The van der Waals surface area contributed by atoms with Crippen molar-refractivity contribution in [3.8, 4) is 0 Å². The largest absolute Gasteiger partial charge is 0.391 e. The molecule has 1 unspecified atom stereocenters. The first-order chi connectivity index (χ1) is 8.88. The van der Waals surface area contributed by atoms with Gasteiger partial charge in [-0.3, -0.25) is 0 Å². The van der Waals surface area contributed by atoms with E-state index < -0.39 is 18.0 Å². The molecule has 0 heterocycles. The standard InChI is InChI=1S/C13H18ClFN2O2/c1-8(2)5-10(18)7-16-13(19)17-12-6-9(15)3-4-11(12)14/h3-4,6,8,10,18H,5,7H2,1-2H3,(H2,16,17,19). The Morgan fingerprint density at radius 1 is 1.47 bits per heavy atom. The highest BCUT2D eigenvalue weighted by molar-refractivity contribution is 6.33. The van der Waals surface area contributed by atoms with Gasteiger partial charge in [0.15, 0.2) is 0 Å². The quantitative estimate of drug-likeness (QED) is 0.780. The van der Waals surface area contributed by atoms with E-state index in [1.165, 1.54) is 12.1 Å². The Balaban J connectivity index is 2.45. The number of rotatable bonds is 5. The van der Waals surface area contributed by atoms with Crippen molar-refractivity contribution in [2.75, 3.05) is 11.9 Å². The summed E-state index contributed by atoms with van der Waals surface area (Å²) < 4.78 is 13.0. The van der Waals surface area contributed by atoms with Gasteiger partial charge < -0.3 is 15.7 Å². The minimum Gasteiger partial charge on any atom is -0.391 e. The molecule has 6 heteroatoms. The summed E-state index contributed by atoms with van der Waals surface area (Å²) in [6, 6.07) is 3.17. The van der Waals surface area contributed by atoms with Gasteiger partial charge >= 0.3 is 6.03 Å². The molecule has 0 aliphatic heterocycles. The minimum atomic E-state index is -0.603. The average Bonchev–Trinajstić information content (AvgIpc) is 2.30. The van der Waals surface area contributed by atoms with Gasteiger partial charge in [-0.2, -0.15) is 0 Å². The third kappa shape index (κ3) is 5.89. The van der Waals surface area contributed by atoms with Gasteiger partial charge in [-0.1, -0.05) is 25.4 Å². The summed E-state index contributed by atoms with van der Waals surface area (Å²) in [5, 5.41) is 14.8. The number of carbonyl (C=O) groups excluding carboxylic acids is 1. The lowest BCUT2D eigenvalue weighted by Crippen LogP contribution is -2.35. The number of aliphatic hydroxyl groups excluding tert-OH is 1. The Hall–Kier alpha value is -1.33. The van der Waals surface area contributed by atoms with E-state index >= 15 is 0 Å². The van der Waals surface area contributed by atoms with E-state index in [1.807, 2.05) is 13.8 Å². The Morgan fingerprint density at radius 2 is 2.16 bits per heavy atom. The van der Waals surface area contributed by atoms with Crippen LogP contribution in [0.3, 0.4) is 0 Å². The molecule has 1 aromatic carbocycles. The zero-order chi connectivity index (χ0) is 14.4. The van der Waals surface area contributed by atoms with Gasteiger partial charge in [-0.25, -0.2) is 9.18 Å². The lowest BCUT2D eigenvalue weighted by Gasteiger charge is -2.14. The number of anilines is 1. The van der Waals surface area contributed by atoms with Crippen LogP contribution < -0.4 is 10.6 Å². The summed E-state index contributed by atoms with van der Waals surface area (Å²) in [6.45, 7) is 4.10. The maximum Gasteiger partial charge on any atom is 0.319 e. The number of amides is 2. The van der Waals surface area contributed by atoms with Crippen LogP contribution in [0.2, 0.25) is 5.02 Å². The molecule has 19 heavy (non-hydrogen) atoms. The summed E-state index contributed by atoms with van der Waals surface area (Å²) in [7, 11) is 0. The first kappa shape index (κ1) is 15.7. The van der Waals surface area contributed by atoms with Crippen LogP contribution in [-0.2, 0) is 0 Å². The molecule has 0 fully saturated rings. The molecule has 3 N–H and O–H groups in total. The van der Waals surface area contributed by atoms with E-state index in [1.54, 1.807) is 0 Å². The molecule has 0 spiro atoms. The zero-order valence-corrected chi connectivity index (χ0v) is 11.7. The number of hydrogen-bond acceptors (Lipinski definition) is 2. The second-order valence-electron chi connectivity index (χ2n) is 4.74. The average molecular weight is 289 g/mol. The van der Waals surface area contributed by atoms with Crippen LogP contribution in [0.15, 0.2) is 18.2 Å². The first-order valence-corrected chi connectivity index (χ1v) is 6.44. The van der Waals surface area contributed by atoms with Crippen molar-refractivity contribution in [2.24, 2.45) is 5.92 Å². The third-order valence-corrected chi connectivity index (χ3v) is 2.75. The summed E-state index contributed by atoms with van der Waals surface area (Å²) in [5.41, 5.74) is 0.192. The topological polar surface area (TPSA) is 61.4 Å². The SMILES string of the molecule is CC(C)CC(O)CNC(=O)Nc1cc(F)ccc1Cl. The molecule has 0 aromatic heterocycles. The lowest BCUT2D eigenvalue weighted by molar-refractivity contribution is 0.148. The molecule has 106 valence electrons. The normalized spacial score (nSPS) is 12.3. The molecular weight excluding hydrogens is 271 g/mol. The minimum absolute atomic E-state index is 0.136. The van der Waals surface area contributed by atoms with E-state index in [4.69, 9.17) is 11.6 Å². The van der Waals surface area contributed by atoms with Crippen LogP contribution in [0.25, 0.3) is 0 Å². The van der Waals surface area contributed by atoms with Gasteiger partial charge in [-0.15, -0.1) is 0 Å². The maximum atomic E-state index is 13.0. The number of carbonyl (C=O) groups is 1. The van der Waals surface area contributed by atoms with Crippen LogP contribution in [0.4, 0.5) is 14.9 Å². The van der Waals surface area contributed by atoms with E-state index in [-0.39, 0.29) is 17.3 Å². The van der Waals surface area contributed by atoms with Crippen LogP contribution >= 0.6 is 11.6 Å². The molecule has 2 amide bonds. The lowest BCUT2D eigenvalue weighted by atomic mass is 10.1. The second kappa shape index (κ2) is 7.31. The zero-order valence-electron chi connectivity index (χ0n) is 10.9. The van der Waals surface area contributed by atoms with Crippen molar-refractivity contribution in [1.29, 1.82) is 0 Å². The van der Waals surface area contributed by atoms with Gasteiger partial charge in [-0.05, 0) is 30.5 Å². The molecular formula is C13H18ClFN2O2. The molecule has 0 saturated heterocycles. The predicted molar refractivity (Wildman–Crippen MR) is 73.9 cm³/mol. The molecule has 0 radical (unpaired) electrons. The summed E-state index contributed by atoms with van der Waals surface area (Å²) in [5.74, 6) is -0.142. The fraction of sp³-hybridized carbons (Fsp3) is 0.462. The molecule has 0 aliphatic rings. The predicted octanol–water partition coefficient (Wildman–Crippen LogP) is 3.01. The maximum absolute atomic E-state index is 13.0. The molecule has 1 rings (SSSR count). The fourth-order valence-electron chi connectivity index (χ4n) is 1.60. The third-order valence-electron chi connectivity index (χ3n) is 2.42. The Morgan fingerprint density at radius 3 is 2.79 bits per heavy atom. The number of hydrogen-bond donors (Lipinski definition) is 3. The highest BCUT2D eigenvalue weighted by atomic mass is 35.5. The van der Waals surface area contributed by atoms with Crippen LogP contribution in [0, 0.1) is 11.7 Å². The van der Waals surface area contributed by atoms with Crippen molar-refractivity contribution < 1.29 is 14.3 Å². The molecule has 0 saturated carbocycles. The van der Waals surface area contributed by atoms with Gasteiger partial charge in [0.05, 0.1) is 16.8 Å². The van der Waals surface area contributed by atoms with Crippen molar-refractivity contribution in [2.45, 2.75) is 26.4 Å². The Labute approximate surface area is 117 Å². The van der Waals surface area contributed by atoms with Crippen molar-refractivity contribution in [1.82, 2.24) is 5.32 Å². The summed E-state index contributed by atoms with van der Waals surface area (Å²) >= 11 is 5.81. The second-order valence-corrected chi connectivity index (χ2v) is 5.15. The van der Waals surface area contributed by atoms with Crippen molar-refractivity contribution in [3.05, 3.63) is 29.0 Å². The number of nitrogens with one attached hydrogen (secondary N) is 2. The van der Waals surface area contributed by atoms with Crippen LogP contribution in [0.1, 0.15) is 20.3 Å². The van der Waals surface area contributed by atoms with E-state index in [0.29, 0.717) is 12.3 Å². The smallest absolute Gasteiger partial charge is 0.319 e. The number of urea groups is 1. The Bertz CT molecular complexity index is 441. The van der Waals surface area contributed by atoms with Crippen LogP contribution in [-0.4, -0.2) is 23.8 Å². The molecule has 1 aromatic rings. The molecule has 0 bridgehead atoms. The van der Waals surface area contributed by atoms with Gasteiger partial charge in [0, 0.05) is 6.54 Å². The summed E-state index contributed by atoms with van der Waals surface area (Å²) in [4.78, 5) is 11.6. The fourth-order valence-corrected chi connectivity index (χ4v) is 1.76. The molecule has 0 aliphatic carbocycles. The van der Waals surface area contributed by atoms with Crippen molar-refractivity contribution >= 4 is 23.3 Å². The van der Waals surface area contributed by atoms with Crippen molar-refractivity contribution in [3.63, 3.8) is 0 Å². The van der Waals surface area contributed by atoms with E-state index in [0.717, 1.165) is 6.07 Å². The van der Waals surface area contributed by atoms with Gasteiger partial charge in [0.1, 0.15) is 5.82 Å². The monoisotopic (exact) mass is 288 g/mol. The number of benzene rings is 1. The number of halogens is 2. The van der Waals surface area contributed by atoms with E-state index in [2.05, 4.69) is 10.6 Å². The molecule has 1 atom stereocenters. The first-order valence-electron chi connectivity index (χ1n) is 6.06. The Kier molecular flexibility index (Phi) is 6.05. The van der Waals surface area contributed by atoms with Crippen LogP contribution in [0.5, 0.6) is 0 Å². The number of aliphatic hydroxyl groups is 1. The van der Waals surface area contributed by atoms with E-state index in [9.17, 15) is 14.3 Å². The summed E-state index contributed by atoms with van der Waals surface area (Å²) in [6.07, 6.45) is -0.00481.